The van der Waals surface area contributed by atoms with E-state index in [1.165, 1.54) is 0 Å². The molecule has 0 radical (unpaired) electrons. The molecule has 0 fully saturated rings. The summed E-state index contributed by atoms with van der Waals surface area (Å²) in [6.45, 7) is 2.66. The van der Waals surface area contributed by atoms with E-state index in [1.54, 1.807) is 6.20 Å². The molecule has 4 nitrogen and oxygen atoms in total. The van der Waals surface area contributed by atoms with Crippen LogP contribution in [0.4, 0.5) is 11.4 Å². The second-order valence-electron chi connectivity index (χ2n) is 4.94. The van der Waals surface area contributed by atoms with Crippen molar-refractivity contribution in [1.29, 1.82) is 0 Å². The second kappa shape index (κ2) is 4.89. The maximum Gasteiger partial charge on any atom is 0.123 e. The van der Waals surface area contributed by atoms with E-state index in [0.717, 1.165) is 28.1 Å². The summed E-state index contributed by atoms with van der Waals surface area (Å²) in [6.07, 6.45) is 1.79. The van der Waals surface area contributed by atoms with Crippen molar-refractivity contribution in [3.05, 3.63) is 54.1 Å². The molecule has 2 aromatic heterocycles. The molecule has 0 saturated heterocycles. The molecule has 3 rings (SSSR count). The third-order valence-corrected chi connectivity index (χ3v) is 3.38. The van der Waals surface area contributed by atoms with Crippen LogP contribution in [0, 0.1) is 6.92 Å². The Morgan fingerprint density at radius 3 is 2.80 bits per heavy atom. The number of hydrogen-bond acceptors (Lipinski definition) is 4. The van der Waals surface area contributed by atoms with Gasteiger partial charge in [0, 0.05) is 24.3 Å². The number of rotatable bonds is 3. The Labute approximate surface area is 117 Å². The number of furan rings is 1. The minimum Gasteiger partial charge on any atom is -0.464 e. The highest BCUT2D eigenvalue weighted by Crippen LogP contribution is 2.28. The first kappa shape index (κ1) is 12.5. The van der Waals surface area contributed by atoms with Crippen LogP contribution in [0.5, 0.6) is 0 Å². The zero-order chi connectivity index (χ0) is 14.1. The van der Waals surface area contributed by atoms with Gasteiger partial charge in [0.1, 0.15) is 11.5 Å². The summed E-state index contributed by atoms with van der Waals surface area (Å²) in [5, 5.41) is 1.05. The highest BCUT2D eigenvalue weighted by atomic mass is 16.3. The van der Waals surface area contributed by atoms with Gasteiger partial charge in [0.15, 0.2) is 0 Å². The Morgan fingerprint density at radius 1 is 1.20 bits per heavy atom. The average molecular weight is 267 g/mol. The summed E-state index contributed by atoms with van der Waals surface area (Å²) in [7, 11) is 2.04. The number of nitrogens with two attached hydrogens (primary N) is 1. The van der Waals surface area contributed by atoms with Crippen LogP contribution in [0.3, 0.4) is 0 Å². The lowest BCUT2D eigenvalue weighted by Crippen LogP contribution is -2.16. The monoisotopic (exact) mass is 267 g/mol. The van der Waals surface area contributed by atoms with Crippen LogP contribution in [0.15, 0.2) is 47.0 Å². The van der Waals surface area contributed by atoms with Gasteiger partial charge < -0.3 is 15.1 Å². The van der Waals surface area contributed by atoms with Gasteiger partial charge in [-0.15, -0.1) is 0 Å². The van der Waals surface area contributed by atoms with Gasteiger partial charge in [-0.2, -0.15) is 0 Å². The van der Waals surface area contributed by atoms with E-state index in [-0.39, 0.29) is 0 Å². The van der Waals surface area contributed by atoms with Crippen molar-refractivity contribution in [2.24, 2.45) is 0 Å². The molecule has 0 spiro atoms. The first-order chi connectivity index (χ1) is 9.65. The molecule has 2 heterocycles. The van der Waals surface area contributed by atoms with E-state index in [0.29, 0.717) is 12.2 Å². The predicted molar refractivity (Wildman–Crippen MR) is 81.7 cm³/mol. The van der Waals surface area contributed by atoms with Crippen molar-refractivity contribution >= 4 is 22.3 Å². The van der Waals surface area contributed by atoms with Gasteiger partial charge in [0.25, 0.3) is 0 Å². The SMILES string of the molecule is Cc1ccc(CN(C)c2ccnc3c(N)cccc23)o1. The Hall–Kier alpha value is -2.49. The summed E-state index contributed by atoms with van der Waals surface area (Å²) < 4.78 is 5.63. The molecular weight excluding hydrogens is 250 g/mol. The lowest BCUT2D eigenvalue weighted by molar-refractivity contribution is 0.482. The number of nitrogens with zero attached hydrogens (tertiary/aromatic N) is 2. The number of aromatic nitrogens is 1. The Kier molecular flexibility index (Phi) is 3.06. The van der Waals surface area contributed by atoms with Gasteiger partial charge in [-0.1, -0.05) is 12.1 Å². The largest absolute Gasteiger partial charge is 0.464 e. The fourth-order valence-electron chi connectivity index (χ4n) is 2.41. The minimum atomic E-state index is 0.701. The summed E-state index contributed by atoms with van der Waals surface area (Å²) in [4.78, 5) is 6.50. The molecule has 0 amide bonds. The number of hydrogen-bond donors (Lipinski definition) is 1. The first-order valence-electron chi connectivity index (χ1n) is 6.55. The number of anilines is 2. The number of benzene rings is 1. The van der Waals surface area contributed by atoms with E-state index < -0.39 is 0 Å². The maximum atomic E-state index is 5.98. The average Bonchev–Trinajstić information content (AvgIpc) is 2.84. The quantitative estimate of drug-likeness (QED) is 0.739. The molecule has 0 aliphatic rings. The molecule has 0 bridgehead atoms. The van der Waals surface area contributed by atoms with Crippen LogP contribution in [0.25, 0.3) is 10.9 Å². The molecule has 0 unspecified atom stereocenters. The Bertz CT molecular complexity index is 748. The van der Waals surface area contributed by atoms with Crippen molar-refractivity contribution in [3.8, 4) is 0 Å². The van der Waals surface area contributed by atoms with E-state index >= 15 is 0 Å². The first-order valence-corrected chi connectivity index (χ1v) is 6.55. The number of fused-ring (bicyclic) bond motifs is 1. The lowest BCUT2D eigenvalue weighted by atomic mass is 10.1. The van der Waals surface area contributed by atoms with Crippen LogP contribution in [0.2, 0.25) is 0 Å². The van der Waals surface area contributed by atoms with Gasteiger partial charge in [-0.05, 0) is 31.2 Å². The van der Waals surface area contributed by atoms with Gasteiger partial charge in [0.05, 0.1) is 17.7 Å². The number of nitrogen functional groups attached to an aromatic ring is 1. The summed E-state index contributed by atoms with van der Waals surface area (Å²) in [5.74, 6) is 1.87. The van der Waals surface area contributed by atoms with E-state index in [9.17, 15) is 0 Å². The van der Waals surface area contributed by atoms with Crippen molar-refractivity contribution < 1.29 is 4.42 Å². The lowest BCUT2D eigenvalue weighted by Gasteiger charge is -2.20. The topological polar surface area (TPSA) is 55.3 Å². The van der Waals surface area contributed by atoms with Gasteiger partial charge in [0.2, 0.25) is 0 Å². The summed E-state index contributed by atoms with van der Waals surface area (Å²) in [6, 6.07) is 11.8. The molecule has 102 valence electrons. The third kappa shape index (κ3) is 2.20. The van der Waals surface area contributed by atoms with E-state index in [1.807, 2.05) is 50.4 Å². The summed E-state index contributed by atoms with van der Waals surface area (Å²) >= 11 is 0. The number of para-hydroxylation sites is 1. The zero-order valence-corrected chi connectivity index (χ0v) is 11.6. The van der Waals surface area contributed by atoms with Crippen molar-refractivity contribution in [2.75, 3.05) is 17.7 Å². The molecule has 0 atom stereocenters. The molecule has 4 heteroatoms. The molecule has 0 aliphatic heterocycles. The minimum absolute atomic E-state index is 0.701. The third-order valence-electron chi connectivity index (χ3n) is 3.38. The second-order valence-corrected chi connectivity index (χ2v) is 4.94. The number of aryl methyl sites for hydroxylation is 1. The van der Waals surface area contributed by atoms with Crippen LogP contribution in [0.1, 0.15) is 11.5 Å². The number of pyridine rings is 1. The molecule has 0 saturated carbocycles. The van der Waals surface area contributed by atoms with Crippen molar-refractivity contribution in [1.82, 2.24) is 4.98 Å². The molecular formula is C16H17N3O. The van der Waals surface area contributed by atoms with Crippen LogP contribution >= 0.6 is 0 Å². The Morgan fingerprint density at radius 2 is 2.05 bits per heavy atom. The van der Waals surface area contributed by atoms with Gasteiger partial charge in [-0.25, -0.2) is 0 Å². The van der Waals surface area contributed by atoms with E-state index in [2.05, 4.69) is 9.88 Å². The molecule has 2 N–H and O–H groups in total. The zero-order valence-electron chi connectivity index (χ0n) is 11.6. The van der Waals surface area contributed by atoms with Crippen molar-refractivity contribution in [2.45, 2.75) is 13.5 Å². The fourth-order valence-corrected chi connectivity index (χ4v) is 2.41. The van der Waals surface area contributed by atoms with Crippen LogP contribution < -0.4 is 10.6 Å². The predicted octanol–water partition coefficient (Wildman–Crippen LogP) is 3.35. The Balaban J connectivity index is 1.99. The molecule has 0 aliphatic carbocycles. The molecule has 3 aromatic rings. The van der Waals surface area contributed by atoms with Gasteiger partial charge >= 0.3 is 0 Å². The van der Waals surface area contributed by atoms with Crippen LogP contribution in [-0.4, -0.2) is 12.0 Å². The van der Waals surface area contributed by atoms with Gasteiger partial charge in [-0.3, -0.25) is 4.98 Å². The highest BCUT2D eigenvalue weighted by molar-refractivity contribution is 5.97. The smallest absolute Gasteiger partial charge is 0.123 e. The maximum absolute atomic E-state index is 5.98. The standard InChI is InChI=1S/C16H17N3O/c1-11-6-7-12(20-11)10-19(2)15-8-9-18-16-13(15)4-3-5-14(16)17/h3-9H,10,17H2,1-2H3. The van der Waals surface area contributed by atoms with Crippen LogP contribution in [-0.2, 0) is 6.54 Å². The molecule has 20 heavy (non-hydrogen) atoms. The van der Waals surface area contributed by atoms with Crippen molar-refractivity contribution in [3.63, 3.8) is 0 Å². The normalized spacial score (nSPS) is 10.9. The highest BCUT2D eigenvalue weighted by Gasteiger charge is 2.10. The summed E-state index contributed by atoms with van der Waals surface area (Å²) in [5.41, 5.74) is 8.62. The fraction of sp³-hybridized carbons (Fsp3) is 0.188. The molecule has 1 aromatic carbocycles. The van der Waals surface area contributed by atoms with E-state index in [4.69, 9.17) is 10.2 Å².